The Morgan fingerprint density at radius 3 is 2.78 bits per heavy atom. The number of rotatable bonds is 11. The number of hydrogen-bond acceptors (Lipinski definition) is 4. The summed E-state index contributed by atoms with van der Waals surface area (Å²) in [5, 5.41) is 6.59. The first-order valence-electron chi connectivity index (χ1n) is 10.0. The molecule has 0 radical (unpaired) electrons. The molecule has 0 bridgehead atoms. The van der Waals surface area contributed by atoms with E-state index in [0.717, 1.165) is 57.5 Å². The van der Waals surface area contributed by atoms with E-state index in [1.807, 2.05) is 12.1 Å². The molecule has 2 rings (SSSR count). The number of benzene rings is 1. The van der Waals surface area contributed by atoms with Gasteiger partial charge < -0.3 is 24.8 Å². The molecule has 2 N–H and O–H groups in total. The minimum absolute atomic E-state index is 0.451. The Labute approximate surface area is 163 Å². The molecule has 27 heavy (non-hydrogen) atoms. The Kier molecular flexibility index (Phi) is 10.0. The lowest BCUT2D eigenvalue weighted by atomic mass is 10.0. The van der Waals surface area contributed by atoms with Crippen molar-refractivity contribution in [1.29, 1.82) is 0 Å². The molecule has 0 spiro atoms. The maximum atomic E-state index is 5.92. The maximum absolute atomic E-state index is 5.92. The highest BCUT2D eigenvalue weighted by atomic mass is 16.5. The van der Waals surface area contributed by atoms with E-state index in [4.69, 9.17) is 14.2 Å². The first-order valence-corrected chi connectivity index (χ1v) is 10.0. The van der Waals surface area contributed by atoms with E-state index in [1.54, 1.807) is 7.05 Å². The van der Waals surface area contributed by atoms with Gasteiger partial charge in [-0.05, 0) is 30.4 Å². The predicted molar refractivity (Wildman–Crippen MR) is 110 cm³/mol. The van der Waals surface area contributed by atoms with Crippen molar-refractivity contribution in [2.45, 2.75) is 32.6 Å². The molecule has 1 saturated heterocycles. The number of hydrogen-bond donors (Lipinski definition) is 2. The highest BCUT2D eigenvalue weighted by Crippen LogP contribution is 2.25. The maximum Gasteiger partial charge on any atom is 0.191 e. The van der Waals surface area contributed by atoms with Crippen LogP contribution in [0.3, 0.4) is 0 Å². The molecule has 1 aliphatic heterocycles. The van der Waals surface area contributed by atoms with Crippen molar-refractivity contribution < 1.29 is 14.2 Å². The van der Waals surface area contributed by atoms with Crippen LogP contribution >= 0.6 is 0 Å². The lowest BCUT2D eigenvalue weighted by Gasteiger charge is -2.15. The van der Waals surface area contributed by atoms with E-state index >= 15 is 0 Å². The zero-order chi connectivity index (χ0) is 19.3. The minimum Gasteiger partial charge on any atom is -0.491 e. The van der Waals surface area contributed by atoms with Crippen LogP contribution in [0.1, 0.15) is 38.2 Å². The summed E-state index contributed by atoms with van der Waals surface area (Å²) in [7, 11) is 1.78. The average molecular weight is 378 g/mol. The van der Waals surface area contributed by atoms with E-state index < -0.39 is 0 Å². The van der Waals surface area contributed by atoms with Gasteiger partial charge in [0, 0.05) is 32.7 Å². The lowest BCUT2D eigenvalue weighted by Crippen LogP contribution is -2.40. The van der Waals surface area contributed by atoms with E-state index in [9.17, 15) is 0 Å². The van der Waals surface area contributed by atoms with Gasteiger partial charge in [-0.15, -0.1) is 0 Å². The predicted octanol–water partition coefficient (Wildman–Crippen LogP) is 2.80. The number of nitrogens with zero attached hydrogens (tertiary/aromatic N) is 1. The van der Waals surface area contributed by atoms with Gasteiger partial charge in [0.2, 0.25) is 0 Å². The summed E-state index contributed by atoms with van der Waals surface area (Å²) in [4.78, 5) is 4.24. The summed E-state index contributed by atoms with van der Waals surface area (Å²) < 4.78 is 17.0. The normalized spacial score (nSPS) is 17.3. The highest BCUT2D eigenvalue weighted by Gasteiger charge is 2.15. The van der Waals surface area contributed by atoms with Crippen LogP contribution < -0.4 is 15.4 Å². The molecule has 0 aliphatic carbocycles. The quantitative estimate of drug-likeness (QED) is 0.353. The van der Waals surface area contributed by atoms with Crippen molar-refractivity contribution in [3.05, 3.63) is 29.8 Å². The van der Waals surface area contributed by atoms with Crippen molar-refractivity contribution >= 4 is 5.96 Å². The monoisotopic (exact) mass is 377 g/mol. The number of aliphatic imine (C=N–C) groups is 1. The molecule has 1 aromatic rings. The van der Waals surface area contributed by atoms with Gasteiger partial charge in [-0.2, -0.15) is 0 Å². The van der Waals surface area contributed by atoms with Crippen LogP contribution in [0.25, 0.3) is 0 Å². The molecule has 152 valence electrons. The second-order valence-corrected chi connectivity index (χ2v) is 7.12. The van der Waals surface area contributed by atoms with Gasteiger partial charge in [0.1, 0.15) is 12.4 Å². The summed E-state index contributed by atoms with van der Waals surface area (Å²) in [6.07, 6.45) is 2.07. The van der Waals surface area contributed by atoms with E-state index in [0.29, 0.717) is 25.0 Å². The number of para-hydroxylation sites is 1. The summed E-state index contributed by atoms with van der Waals surface area (Å²) in [6, 6.07) is 8.21. The fourth-order valence-corrected chi connectivity index (χ4v) is 2.99. The van der Waals surface area contributed by atoms with Gasteiger partial charge in [0.15, 0.2) is 5.96 Å². The van der Waals surface area contributed by atoms with Gasteiger partial charge in [-0.1, -0.05) is 32.0 Å². The van der Waals surface area contributed by atoms with E-state index in [1.165, 1.54) is 5.56 Å². The molecule has 0 aromatic heterocycles. The Morgan fingerprint density at radius 1 is 1.22 bits per heavy atom. The molecule has 1 aliphatic rings. The third-order valence-electron chi connectivity index (χ3n) is 4.55. The molecule has 0 amide bonds. The van der Waals surface area contributed by atoms with Crippen molar-refractivity contribution in [1.82, 2.24) is 10.6 Å². The Bertz CT molecular complexity index is 557. The molecular formula is C21H35N3O3. The van der Waals surface area contributed by atoms with Crippen LogP contribution in [0.5, 0.6) is 5.75 Å². The van der Waals surface area contributed by atoms with Crippen LogP contribution in [-0.4, -0.2) is 59.1 Å². The Hall–Kier alpha value is -1.79. The summed E-state index contributed by atoms with van der Waals surface area (Å²) in [6.45, 7) is 9.77. The van der Waals surface area contributed by atoms with Crippen LogP contribution in [0, 0.1) is 5.92 Å². The van der Waals surface area contributed by atoms with Gasteiger partial charge in [-0.3, -0.25) is 4.99 Å². The molecule has 0 saturated carbocycles. The SMILES string of the molecule is CN=C(NCCCOCC1CCOC1)NCCOc1ccccc1C(C)C. The fraction of sp³-hybridized carbons (Fsp3) is 0.667. The first kappa shape index (κ1) is 21.5. The zero-order valence-electron chi connectivity index (χ0n) is 17.0. The second kappa shape index (κ2) is 12.6. The van der Waals surface area contributed by atoms with Gasteiger partial charge >= 0.3 is 0 Å². The topological polar surface area (TPSA) is 64.1 Å². The summed E-state index contributed by atoms with van der Waals surface area (Å²) >= 11 is 0. The van der Waals surface area contributed by atoms with Gasteiger partial charge in [-0.25, -0.2) is 0 Å². The smallest absolute Gasteiger partial charge is 0.191 e. The molecule has 6 heteroatoms. The zero-order valence-corrected chi connectivity index (χ0v) is 17.0. The molecular weight excluding hydrogens is 342 g/mol. The molecule has 1 atom stereocenters. The lowest BCUT2D eigenvalue weighted by molar-refractivity contribution is 0.0888. The molecule has 6 nitrogen and oxygen atoms in total. The van der Waals surface area contributed by atoms with Crippen molar-refractivity contribution in [3.63, 3.8) is 0 Å². The molecule has 1 heterocycles. The average Bonchev–Trinajstić information content (AvgIpc) is 3.19. The largest absolute Gasteiger partial charge is 0.491 e. The Balaban J connectivity index is 1.54. The van der Waals surface area contributed by atoms with Crippen LogP contribution in [0.15, 0.2) is 29.3 Å². The van der Waals surface area contributed by atoms with Crippen molar-refractivity contribution in [2.75, 3.05) is 53.2 Å². The molecule has 1 unspecified atom stereocenters. The number of ether oxygens (including phenoxy) is 3. The fourth-order valence-electron chi connectivity index (χ4n) is 2.99. The van der Waals surface area contributed by atoms with E-state index in [-0.39, 0.29) is 0 Å². The van der Waals surface area contributed by atoms with Crippen LogP contribution in [0.2, 0.25) is 0 Å². The first-order chi connectivity index (χ1) is 13.2. The van der Waals surface area contributed by atoms with Gasteiger partial charge in [0.05, 0.1) is 19.8 Å². The number of guanidine groups is 1. The third-order valence-corrected chi connectivity index (χ3v) is 4.55. The Morgan fingerprint density at radius 2 is 2.04 bits per heavy atom. The standard InChI is InChI=1S/C21H35N3O3/c1-17(2)19-7-4-5-8-20(19)27-14-11-24-21(22-3)23-10-6-12-25-15-18-9-13-26-16-18/h4-5,7-8,17-18H,6,9-16H2,1-3H3,(H2,22,23,24). The molecule has 1 aromatic carbocycles. The van der Waals surface area contributed by atoms with Gasteiger partial charge in [0.25, 0.3) is 0 Å². The highest BCUT2D eigenvalue weighted by molar-refractivity contribution is 5.79. The van der Waals surface area contributed by atoms with Crippen LogP contribution in [-0.2, 0) is 9.47 Å². The van der Waals surface area contributed by atoms with Crippen LogP contribution in [0.4, 0.5) is 0 Å². The van der Waals surface area contributed by atoms with Crippen molar-refractivity contribution in [2.24, 2.45) is 10.9 Å². The third kappa shape index (κ3) is 8.18. The second-order valence-electron chi connectivity index (χ2n) is 7.12. The molecule has 1 fully saturated rings. The summed E-state index contributed by atoms with van der Waals surface area (Å²) in [5.74, 6) is 2.78. The summed E-state index contributed by atoms with van der Waals surface area (Å²) in [5.41, 5.74) is 1.24. The number of nitrogens with one attached hydrogen (secondary N) is 2. The van der Waals surface area contributed by atoms with E-state index in [2.05, 4.69) is 41.6 Å². The van der Waals surface area contributed by atoms with Crippen molar-refractivity contribution in [3.8, 4) is 5.75 Å². The minimum atomic E-state index is 0.451.